The van der Waals surface area contributed by atoms with E-state index >= 15 is 4.39 Å². The fourth-order valence-corrected chi connectivity index (χ4v) is 3.60. The van der Waals surface area contributed by atoms with E-state index in [1.54, 1.807) is 0 Å². The minimum atomic E-state index is -1.61. The summed E-state index contributed by atoms with van der Waals surface area (Å²) >= 11 is 0. The predicted molar refractivity (Wildman–Crippen MR) is 105 cm³/mol. The summed E-state index contributed by atoms with van der Waals surface area (Å²) < 4.78 is 44.4. The van der Waals surface area contributed by atoms with Crippen LogP contribution in [-0.2, 0) is 11.4 Å². The van der Waals surface area contributed by atoms with E-state index in [4.69, 9.17) is 15.8 Å². The Morgan fingerprint density at radius 2 is 2.13 bits per heavy atom. The van der Waals surface area contributed by atoms with Gasteiger partial charge in [0.05, 0.1) is 35.6 Å². The van der Waals surface area contributed by atoms with Gasteiger partial charge in [-0.1, -0.05) is 10.3 Å². The van der Waals surface area contributed by atoms with Crippen LogP contribution >= 0.6 is 0 Å². The van der Waals surface area contributed by atoms with Gasteiger partial charge in [-0.05, 0) is 6.07 Å². The molecular weight excluding hydrogens is 423 g/mol. The van der Waals surface area contributed by atoms with Crippen molar-refractivity contribution >= 4 is 34.1 Å². The maximum Gasteiger partial charge on any atom is 0.341 e. The van der Waals surface area contributed by atoms with Gasteiger partial charge in [0.15, 0.2) is 5.82 Å². The number of aryl methyl sites for hydroxylation is 1. The van der Waals surface area contributed by atoms with E-state index in [0.717, 1.165) is 10.8 Å². The number of benzene rings is 1. The van der Waals surface area contributed by atoms with Crippen molar-refractivity contribution in [1.82, 2.24) is 4.57 Å². The maximum absolute atomic E-state index is 15.5. The van der Waals surface area contributed by atoms with Crippen LogP contribution in [0.25, 0.3) is 10.9 Å². The first-order chi connectivity index (χ1) is 14.7. The van der Waals surface area contributed by atoms with Crippen LogP contribution < -0.4 is 16.1 Å². The molecule has 1 saturated heterocycles. The molecule has 10 nitrogen and oxygen atoms in total. The number of nitrogens with zero attached hydrogens (tertiary/aromatic N) is 4. The van der Waals surface area contributed by atoms with Crippen molar-refractivity contribution in [2.45, 2.75) is 6.54 Å². The van der Waals surface area contributed by atoms with Crippen molar-refractivity contribution in [2.24, 2.45) is 22.0 Å². The third-order valence-corrected chi connectivity index (χ3v) is 4.94. The first-order valence-electron chi connectivity index (χ1n) is 8.91. The number of carboxylic acid groups (broad SMARTS) is 1. The number of carboxylic acids is 1. The molecule has 1 aromatic carbocycles. The minimum Gasteiger partial charge on any atom is -0.477 e. The molecule has 1 aliphatic heterocycles. The molecule has 0 amide bonds. The minimum absolute atomic E-state index is 0.127. The zero-order chi connectivity index (χ0) is 22.9. The van der Waals surface area contributed by atoms with Crippen LogP contribution in [0.1, 0.15) is 10.4 Å². The number of aromatic nitrogens is 1. The number of rotatable bonds is 6. The van der Waals surface area contributed by atoms with Crippen molar-refractivity contribution in [1.29, 1.82) is 0 Å². The van der Waals surface area contributed by atoms with Gasteiger partial charge in [0.25, 0.3) is 0 Å². The summed E-state index contributed by atoms with van der Waals surface area (Å²) in [6, 6.07) is 0.710. The molecule has 2 heterocycles. The fourth-order valence-electron chi connectivity index (χ4n) is 3.60. The Kier molecular flexibility index (Phi) is 6.04. The lowest BCUT2D eigenvalue weighted by molar-refractivity contribution is 0.0694. The van der Waals surface area contributed by atoms with Crippen LogP contribution in [0, 0.1) is 17.6 Å². The van der Waals surface area contributed by atoms with Crippen LogP contribution in [0.15, 0.2) is 27.4 Å². The number of anilines is 1. The zero-order valence-corrected chi connectivity index (χ0v) is 16.2. The smallest absolute Gasteiger partial charge is 0.341 e. The number of hydrogen-bond acceptors (Lipinski definition) is 7. The van der Waals surface area contributed by atoms with E-state index in [0.29, 0.717) is 6.07 Å². The highest BCUT2D eigenvalue weighted by molar-refractivity contribution is 6.10. The third kappa shape index (κ3) is 3.73. The molecule has 2 aromatic rings. The number of amidine groups is 1. The Bertz CT molecular complexity index is 1160. The van der Waals surface area contributed by atoms with Crippen LogP contribution in [0.4, 0.5) is 18.9 Å². The number of hydrogen-bond donors (Lipinski definition) is 3. The van der Waals surface area contributed by atoms with Gasteiger partial charge in [-0.15, -0.1) is 0 Å². The summed E-state index contributed by atoms with van der Waals surface area (Å²) in [7, 11) is 1.26. The standard InChI is InChI=1S/C18H18F3N5O5/c1-31-24-12-7-26(5-9(12)17(22)23-30)15-11(20)4-8-14(13(15)21)25(3-2-19)6-10(16(8)27)18(28)29/h4,6,9,30H,2-3,5,7H2,1H3,(H2,22,23)(H,28,29)/b24-12-. The summed E-state index contributed by atoms with van der Waals surface area (Å²) in [6.45, 7) is -1.71. The number of pyridine rings is 1. The van der Waals surface area contributed by atoms with Crippen LogP contribution in [-0.4, -0.2) is 59.3 Å². The normalized spacial score (nSPS) is 18.2. The summed E-state index contributed by atoms with van der Waals surface area (Å²) in [4.78, 5) is 29.7. The summed E-state index contributed by atoms with van der Waals surface area (Å²) in [5, 5.41) is 24.3. The van der Waals surface area contributed by atoms with Crippen molar-refractivity contribution in [3.05, 3.63) is 39.7 Å². The molecular formula is C18H18F3N5O5. The first-order valence-corrected chi connectivity index (χ1v) is 8.91. The van der Waals surface area contributed by atoms with E-state index in [-0.39, 0.29) is 24.6 Å². The molecule has 1 unspecified atom stereocenters. The molecule has 1 atom stereocenters. The van der Waals surface area contributed by atoms with Crippen molar-refractivity contribution in [3.63, 3.8) is 0 Å². The lowest BCUT2D eigenvalue weighted by Crippen LogP contribution is -2.31. The van der Waals surface area contributed by atoms with E-state index < -0.39 is 64.3 Å². The van der Waals surface area contributed by atoms with E-state index in [9.17, 15) is 23.5 Å². The highest BCUT2D eigenvalue weighted by Crippen LogP contribution is 2.33. The van der Waals surface area contributed by atoms with Crippen LogP contribution in [0.5, 0.6) is 0 Å². The Hall–Kier alpha value is -3.77. The second-order valence-electron chi connectivity index (χ2n) is 6.70. The second-order valence-corrected chi connectivity index (χ2v) is 6.70. The molecule has 3 rings (SSSR count). The summed E-state index contributed by atoms with van der Waals surface area (Å²) in [5.41, 5.74) is 3.04. The van der Waals surface area contributed by atoms with Crippen molar-refractivity contribution < 1.29 is 33.1 Å². The second kappa shape index (κ2) is 8.53. The Morgan fingerprint density at radius 1 is 1.42 bits per heavy atom. The van der Waals surface area contributed by atoms with E-state index in [1.807, 2.05) is 0 Å². The molecule has 1 fully saturated rings. The lowest BCUT2D eigenvalue weighted by Gasteiger charge is -2.21. The highest BCUT2D eigenvalue weighted by Gasteiger charge is 2.36. The highest BCUT2D eigenvalue weighted by atomic mass is 19.1. The first kappa shape index (κ1) is 21.9. The molecule has 4 N–H and O–H groups in total. The molecule has 13 heteroatoms. The molecule has 1 aliphatic rings. The Morgan fingerprint density at radius 3 is 2.71 bits per heavy atom. The number of oxime groups is 2. The molecule has 166 valence electrons. The van der Waals surface area contributed by atoms with Crippen molar-refractivity contribution in [2.75, 3.05) is 31.8 Å². The van der Waals surface area contributed by atoms with Gasteiger partial charge in [0.2, 0.25) is 5.43 Å². The van der Waals surface area contributed by atoms with Gasteiger partial charge < -0.3 is 30.4 Å². The average Bonchev–Trinajstić information content (AvgIpc) is 3.13. The van der Waals surface area contributed by atoms with Gasteiger partial charge in [-0.3, -0.25) is 4.79 Å². The molecule has 1 aromatic heterocycles. The van der Waals surface area contributed by atoms with E-state index in [2.05, 4.69) is 10.3 Å². The molecule has 0 radical (unpaired) electrons. The molecule has 0 aliphatic carbocycles. The van der Waals surface area contributed by atoms with E-state index in [1.165, 1.54) is 12.0 Å². The molecule has 31 heavy (non-hydrogen) atoms. The largest absolute Gasteiger partial charge is 0.477 e. The number of fused-ring (bicyclic) bond motifs is 1. The number of nitrogens with two attached hydrogens (primary N) is 1. The molecule has 0 bridgehead atoms. The zero-order valence-electron chi connectivity index (χ0n) is 16.2. The van der Waals surface area contributed by atoms with Gasteiger partial charge in [0, 0.05) is 12.7 Å². The Balaban J connectivity index is 2.25. The van der Waals surface area contributed by atoms with Crippen molar-refractivity contribution in [3.8, 4) is 0 Å². The molecule has 0 spiro atoms. The lowest BCUT2D eigenvalue weighted by atomic mass is 10.1. The fraction of sp³-hybridized carbons (Fsp3) is 0.333. The number of carbonyl (C=O) groups is 1. The van der Waals surface area contributed by atoms with Gasteiger partial charge >= 0.3 is 5.97 Å². The monoisotopic (exact) mass is 441 g/mol. The third-order valence-electron chi connectivity index (χ3n) is 4.94. The summed E-state index contributed by atoms with van der Waals surface area (Å²) in [5.74, 6) is -4.99. The molecule has 0 saturated carbocycles. The SMILES string of the molecule is CO/N=C1/CN(c2c(F)cc3c(=O)c(C(=O)O)cn(CCF)c3c2F)CC1/C(N)=N\O. The number of aromatic carboxylic acids is 1. The summed E-state index contributed by atoms with van der Waals surface area (Å²) in [6.07, 6.45) is 0.818. The topological polar surface area (TPSA) is 143 Å². The quantitative estimate of drug-likeness (QED) is 0.264. The number of alkyl halides is 1. The Labute approximate surface area is 172 Å². The predicted octanol–water partition coefficient (Wildman–Crippen LogP) is 1.13. The number of halogens is 3. The maximum atomic E-state index is 15.5. The average molecular weight is 441 g/mol. The van der Waals surface area contributed by atoms with Gasteiger partial charge in [-0.2, -0.15) is 0 Å². The van der Waals surface area contributed by atoms with Gasteiger partial charge in [0.1, 0.15) is 36.7 Å². The van der Waals surface area contributed by atoms with Crippen LogP contribution in [0.2, 0.25) is 0 Å². The van der Waals surface area contributed by atoms with Gasteiger partial charge in [-0.25, -0.2) is 18.0 Å². The van der Waals surface area contributed by atoms with Crippen LogP contribution in [0.3, 0.4) is 0 Å².